The van der Waals surface area contributed by atoms with Crippen molar-refractivity contribution in [1.82, 2.24) is 19.6 Å². The van der Waals surface area contributed by atoms with Crippen LogP contribution in [0.15, 0.2) is 30.9 Å². The molecular formula is C15H16N4O2. The average molecular weight is 284 g/mol. The number of hydrogen-bond acceptors (Lipinski definition) is 3. The predicted molar refractivity (Wildman–Crippen MR) is 75.8 cm³/mol. The lowest BCUT2D eigenvalue weighted by Gasteiger charge is -2.35. The summed E-state index contributed by atoms with van der Waals surface area (Å²) in [5.74, 6) is 0.0408. The highest BCUT2D eigenvalue weighted by atomic mass is 16.2. The molecule has 0 spiro atoms. The van der Waals surface area contributed by atoms with Crippen LogP contribution < -0.4 is 5.32 Å². The summed E-state index contributed by atoms with van der Waals surface area (Å²) >= 11 is 0. The Labute approximate surface area is 121 Å². The molecule has 2 aliphatic heterocycles. The van der Waals surface area contributed by atoms with Crippen molar-refractivity contribution in [1.29, 1.82) is 0 Å². The van der Waals surface area contributed by atoms with Crippen LogP contribution in [0.1, 0.15) is 23.2 Å². The Bertz CT molecular complexity index is 723. The molecule has 108 valence electrons. The van der Waals surface area contributed by atoms with Crippen LogP contribution in [0, 0.1) is 5.92 Å². The van der Waals surface area contributed by atoms with Crippen molar-refractivity contribution in [3.8, 4) is 0 Å². The molecule has 6 heteroatoms. The Morgan fingerprint density at radius 1 is 1.38 bits per heavy atom. The summed E-state index contributed by atoms with van der Waals surface area (Å²) in [6.45, 7) is 1.29. The van der Waals surface area contributed by atoms with E-state index in [0.29, 0.717) is 12.1 Å². The lowest BCUT2D eigenvalue weighted by Crippen LogP contribution is -2.48. The van der Waals surface area contributed by atoms with Crippen molar-refractivity contribution in [3.63, 3.8) is 0 Å². The molecule has 1 N–H and O–H groups in total. The minimum absolute atomic E-state index is 0.00256. The fourth-order valence-electron chi connectivity index (χ4n) is 3.42. The zero-order valence-corrected chi connectivity index (χ0v) is 11.5. The number of likely N-dealkylation sites (tertiary alicyclic amines) is 1. The average Bonchev–Trinajstić information content (AvgIpc) is 3.12. The van der Waals surface area contributed by atoms with Gasteiger partial charge < -0.3 is 14.6 Å². The van der Waals surface area contributed by atoms with Crippen LogP contribution in [0.5, 0.6) is 0 Å². The first-order chi connectivity index (χ1) is 10.2. The Morgan fingerprint density at radius 3 is 3.19 bits per heavy atom. The van der Waals surface area contributed by atoms with Crippen molar-refractivity contribution >= 4 is 17.3 Å². The maximum Gasteiger partial charge on any atom is 0.255 e. The maximum atomic E-state index is 12.8. The molecule has 4 rings (SSSR count). The molecule has 0 aromatic carbocycles. The van der Waals surface area contributed by atoms with Crippen LogP contribution in [0.2, 0.25) is 0 Å². The lowest BCUT2D eigenvalue weighted by atomic mass is 9.91. The number of piperidine rings is 1. The number of rotatable bonds is 1. The molecule has 0 saturated carbocycles. The van der Waals surface area contributed by atoms with Crippen LogP contribution >= 0.6 is 0 Å². The largest absolute Gasteiger partial charge is 0.354 e. The highest BCUT2D eigenvalue weighted by Gasteiger charge is 2.42. The number of imidazole rings is 1. The Morgan fingerprint density at radius 2 is 2.29 bits per heavy atom. The van der Waals surface area contributed by atoms with Crippen LogP contribution in [0.3, 0.4) is 0 Å². The number of nitrogens with zero attached hydrogens (tertiary/aromatic N) is 3. The Balaban J connectivity index is 1.65. The Hall–Kier alpha value is -2.37. The molecule has 2 amide bonds. The minimum Gasteiger partial charge on any atom is -0.354 e. The zero-order chi connectivity index (χ0) is 14.4. The summed E-state index contributed by atoms with van der Waals surface area (Å²) in [5.41, 5.74) is 1.60. The van der Waals surface area contributed by atoms with E-state index in [0.717, 1.165) is 24.9 Å². The van der Waals surface area contributed by atoms with E-state index >= 15 is 0 Å². The molecule has 0 bridgehead atoms. The van der Waals surface area contributed by atoms with E-state index in [1.807, 2.05) is 21.4 Å². The molecule has 0 unspecified atom stereocenters. The quantitative estimate of drug-likeness (QED) is 0.837. The third-order valence-corrected chi connectivity index (χ3v) is 4.52. The summed E-state index contributed by atoms with van der Waals surface area (Å²) in [4.78, 5) is 30.5. The fraction of sp³-hybridized carbons (Fsp3) is 0.400. The van der Waals surface area contributed by atoms with Gasteiger partial charge in [0.2, 0.25) is 5.91 Å². The standard InChI is InChI=1S/C15H16N4O2/c20-14-12-2-1-5-19(13(12)7-17-14)15(21)10-3-4-11-6-16-9-18(11)8-10/h3-4,6,8-9,12-13H,1-2,5,7H2,(H,17,20)/t12-,13-/m1/s1. The van der Waals surface area contributed by atoms with Gasteiger partial charge in [0, 0.05) is 19.3 Å². The third kappa shape index (κ3) is 1.90. The molecule has 2 aromatic rings. The van der Waals surface area contributed by atoms with Crippen molar-refractivity contribution in [2.24, 2.45) is 5.92 Å². The molecule has 6 nitrogen and oxygen atoms in total. The van der Waals surface area contributed by atoms with Gasteiger partial charge in [0.1, 0.15) is 0 Å². The summed E-state index contributed by atoms with van der Waals surface area (Å²) in [5, 5.41) is 2.88. The van der Waals surface area contributed by atoms with E-state index in [9.17, 15) is 9.59 Å². The highest BCUT2D eigenvalue weighted by Crippen LogP contribution is 2.28. The van der Waals surface area contributed by atoms with Gasteiger partial charge in [-0.3, -0.25) is 9.59 Å². The van der Waals surface area contributed by atoms with Crippen LogP contribution in [0.25, 0.3) is 5.52 Å². The van der Waals surface area contributed by atoms with Crippen molar-refractivity contribution < 1.29 is 9.59 Å². The number of pyridine rings is 1. The normalized spacial score (nSPS) is 25.0. The first kappa shape index (κ1) is 12.4. The van der Waals surface area contributed by atoms with Gasteiger partial charge in [-0.05, 0) is 25.0 Å². The minimum atomic E-state index is -0.0420. The van der Waals surface area contributed by atoms with Crippen molar-refractivity contribution in [2.45, 2.75) is 18.9 Å². The van der Waals surface area contributed by atoms with Gasteiger partial charge in [-0.2, -0.15) is 0 Å². The fourth-order valence-corrected chi connectivity index (χ4v) is 3.42. The van der Waals surface area contributed by atoms with Crippen LogP contribution in [-0.4, -0.2) is 45.2 Å². The molecular weight excluding hydrogens is 268 g/mol. The first-order valence-corrected chi connectivity index (χ1v) is 7.24. The number of carbonyl (C=O) groups excluding carboxylic acids is 2. The lowest BCUT2D eigenvalue weighted by molar-refractivity contribution is -0.123. The summed E-state index contributed by atoms with van der Waals surface area (Å²) < 4.78 is 1.84. The molecule has 2 aliphatic rings. The SMILES string of the molecule is O=C1NC[C@@H]2[C@H]1CCCN2C(=O)c1ccc2cncn2c1. The zero-order valence-electron chi connectivity index (χ0n) is 11.5. The van der Waals surface area contributed by atoms with Gasteiger partial charge in [0.15, 0.2) is 0 Å². The van der Waals surface area contributed by atoms with E-state index in [1.165, 1.54) is 0 Å². The maximum absolute atomic E-state index is 12.8. The molecule has 0 aliphatic carbocycles. The number of nitrogens with one attached hydrogen (secondary N) is 1. The summed E-state index contributed by atoms with van der Waals surface area (Å²) in [7, 11) is 0. The third-order valence-electron chi connectivity index (χ3n) is 4.52. The van der Waals surface area contributed by atoms with Gasteiger partial charge in [-0.1, -0.05) is 0 Å². The molecule has 2 saturated heterocycles. The van der Waals surface area contributed by atoms with E-state index in [4.69, 9.17) is 0 Å². The number of carbonyl (C=O) groups is 2. The second kappa shape index (κ2) is 4.58. The summed E-state index contributed by atoms with van der Waals surface area (Å²) in [6, 6.07) is 3.71. The number of hydrogen-bond donors (Lipinski definition) is 1. The number of fused-ring (bicyclic) bond motifs is 2. The topological polar surface area (TPSA) is 66.7 Å². The van der Waals surface area contributed by atoms with E-state index in [-0.39, 0.29) is 23.8 Å². The second-order valence-electron chi connectivity index (χ2n) is 5.70. The number of aromatic nitrogens is 2. The summed E-state index contributed by atoms with van der Waals surface area (Å²) in [6.07, 6.45) is 7.00. The molecule has 2 atom stereocenters. The molecule has 4 heterocycles. The van der Waals surface area contributed by atoms with Gasteiger partial charge in [-0.25, -0.2) is 4.98 Å². The number of amides is 2. The monoisotopic (exact) mass is 284 g/mol. The van der Waals surface area contributed by atoms with Crippen molar-refractivity contribution in [3.05, 3.63) is 36.4 Å². The molecule has 21 heavy (non-hydrogen) atoms. The van der Waals surface area contributed by atoms with Gasteiger partial charge in [0.05, 0.1) is 35.6 Å². The van der Waals surface area contributed by atoms with E-state index in [1.54, 1.807) is 18.7 Å². The van der Waals surface area contributed by atoms with Crippen molar-refractivity contribution in [2.75, 3.05) is 13.1 Å². The van der Waals surface area contributed by atoms with E-state index < -0.39 is 0 Å². The van der Waals surface area contributed by atoms with Gasteiger partial charge in [-0.15, -0.1) is 0 Å². The Kier molecular flexibility index (Phi) is 2.70. The molecule has 2 aromatic heterocycles. The predicted octanol–water partition coefficient (Wildman–Crippen LogP) is 0.685. The van der Waals surface area contributed by atoms with Crippen LogP contribution in [-0.2, 0) is 4.79 Å². The molecule has 0 radical (unpaired) electrons. The van der Waals surface area contributed by atoms with Gasteiger partial charge >= 0.3 is 0 Å². The smallest absolute Gasteiger partial charge is 0.255 e. The first-order valence-electron chi connectivity index (χ1n) is 7.24. The van der Waals surface area contributed by atoms with Gasteiger partial charge in [0.25, 0.3) is 5.91 Å². The van der Waals surface area contributed by atoms with E-state index in [2.05, 4.69) is 10.3 Å². The molecule has 2 fully saturated rings. The highest BCUT2D eigenvalue weighted by molar-refractivity contribution is 5.95. The second-order valence-corrected chi connectivity index (χ2v) is 5.70. The van der Waals surface area contributed by atoms with Crippen LogP contribution in [0.4, 0.5) is 0 Å².